The zero-order chi connectivity index (χ0) is 30.0. The van der Waals surface area contributed by atoms with Crippen LogP contribution in [0.25, 0.3) is 54.9 Å². The fourth-order valence-electron chi connectivity index (χ4n) is 6.66. The summed E-state index contributed by atoms with van der Waals surface area (Å²) in [6.45, 7) is 0. The number of hydrogen-bond acceptors (Lipinski definition) is 1. The van der Waals surface area contributed by atoms with E-state index < -0.39 is 0 Å². The van der Waals surface area contributed by atoms with Crippen LogP contribution in [0.4, 0.5) is 17.1 Å². The Hall–Kier alpha value is -5.92. The Labute approximate surface area is 264 Å². The lowest BCUT2D eigenvalue weighted by atomic mass is 9.85. The second kappa shape index (κ2) is 11.6. The van der Waals surface area contributed by atoms with E-state index in [1.807, 2.05) is 0 Å². The van der Waals surface area contributed by atoms with Crippen molar-refractivity contribution in [2.45, 2.75) is 0 Å². The molecule has 8 rings (SSSR count). The summed E-state index contributed by atoms with van der Waals surface area (Å²) in [5.41, 5.74) is 10.7. The maximum Gasteiger partial charge on any atom is 0.0540 e. The third kappa shape index (κ3) is 4.85. The van der Waals surface area contributed by atoms with Crippen LogP contribution in [0, 0.1) is 0 Å². The minimum Gasteiger partial charge on any atom is -0.310 e. The van der Waals surface area contributed by atoms with Gasteiger partial charge in [0.25, 0.3) is 0 Å². The molecular weight excluding hydrogens is 542 g/mol. The Morgan fingerprint density at radius 1 is 0.289 bits per heavy atom. The van der Waals surface area contributed by atoms with E-state index in [1.54, 1.807) is 0 Å². The van der Waals surface area contributed by atoms with Gasteiger partial charge in [-0.3, -0.25) is 0 Å². The SMILES string of the molecule is c1ccc(-c2ccccc2N(c2ccccc2)c2ccc3c(c2)c(-c2ccccc2)c(-c2ccccc2)c2ccccc23)cc1. The summed E-state index contributed by atoms with van der Waals surface area (Å²) in [5, 5.41) is 5.00. The monoisotopic (exact) mass is 573 g/mol. The standard InChI is InChI=1S/C44H31N/c1-5-17-32(18-6-1)37-25-15-16-28-42(37)45(35-23-11-4-12-24-35)36-29-30-39-38-26-13-14-27-40(38)43(33-19-7-2-8-20-33)44(41(39)31-36)34-21-9-3-10-22-34/h1-31H. The summed E-state index contributed by atoms with van der Waals surface area (Å²) in [6.07, 6.45) is 0. The number of fused-ring (bicyclic) bond motifs is 3. The normalized spacial score (nSPS) is 11.1. The highest BCUT2D eigenvalue weighted by atomic mass is 15.1. The lowest BCUT2D eigenvalue weighted by molar-refractivity contribution is 1.29. The molecule has 1 heteroatoms. The van der Waals surface area contributed by atoms with E-state index in [0.717, 1.165) is 17.1 Å². The van der Waals surface area contributed by atoms with E-state index >= 15 is 0 Å². The van der Waals surface area contributed by atoms with E-state index in [-0.39, 0.29) is 0 Å². The molecule has 212 valence electrons. The molecule has 45 heavy (non-hydrogen) atoms. The highest BCUT2D eigenvalue weighted by molar-refractivity contribution is 6.22. The molecule has 0 amide bonds. The van der Waals surface area contributed by atoms with Crippen LogP contribution in [-0.4, -0.2) is 0 Å². The van der Waals surface area contributed by atoms with E-state index in [2.05, 4.69) is 193 Å². The Bertz CT molecular complexity index is 2240. The third-order valence-electron chi connectivity index (χ3n) is 8.64. The van der Waals surface area contributed by atoms with Crippen molar-refractivity contribution in [3.05, 3.63) is 188 Å². The molecule has 0 heterocycles. The van der Waals surface area contributed by atoms with Gasteiger partial charge in [0.05, 0.1) is 5.69 Å². The lowest BCUT2D eigenvalue weighted by Crippen LogP contribution is -2.11. The van der Waals surface area contributed by atoms with Crippen molar-refractivity contribution < 1.29 is 0 Å². The molecular formula is C44H31N. The summed E-state index contributed by atoms with van der Waals surface area (Å²) in [7, 11) is 0. The number of anilines is 3. The van der Waals surface area contributed by atoms with Crippen molar-refractivity contribution in [2.75, 3.05) is 4.90 Å². The molecule has 0 spiro atoms. The molecule has 0 unspecified atom stereocenters. The van der Waals surface area contributed by atoms with E-state index in [9.17, 15) is 0 Å². The maximum atomic E-state index is 2.40. The van der Waals surface area contributed by atoms with Crippen molar-refractivity contribution in [1.29, 1.82) is 0 Å². The van der Waals surface area contributed by atoms with E-state index in [4.69, 9.17) is 0 Å². The summed E-state index contributed by atoms with van der Waals surface area (Å²) in [5.74, 6) is 0. The zero-order valence-corrected chi connectivity index (χ0v) is 24.8. The zero-order valence-electron chi connectivity index (χ0n) is 24.8. The van der Waals surface area contributed by atoms with Crippen molar-refractivity contribution in [3.8, 4) is 33.4 Å². The third-order valence-corrected chi connectivity index (χ3v) is 8.64. The number of rotatable bonds is 6. The molecule has 8 aromatic rings. The summed E-state index contributed by atoms with van der Waals surface area (Å²) in [6, 6.07) is 67.6. The van der Waals surface area contributed by atoms with Crippen molar-refractivity contribution >= 4 is 38.6 Å². The molecule has 0 aliphatic rings. The molecule has 0 bridgehead atoms. The fraction of sp³-hybridized carbons (Fsp3) is 0. The fourth-order valence-corrected chi connectivity index (χ4v) is 6.66. The molecule has 0 saturated heterocycles. The minimum atomic E-state index is 1.11. The number of nitrogens with zero attached hydrogens (tertiary/aromatic N) is 1. The van der Waals surface area contributed by atoms with Crippen molar-refractivity contribution in [3.63, 3.8) is 0 Å². The van der Waals surface area contributed by atoms with Crippen LogP contribution >= 0.6 is 0 Å². The summed E-state index contributed by atoms with van der Waals surface area (Å²) < 4.78 is 0. The van der Waals surface area contributed by atoms with Crippen LogP contribution in [0.3, 0.4) is 0 Å². The minimum absolute atomic E-state index is 1.11. The smallest absolute Gasteiger partial charge is 0.0540 e. The van der Waals surface area contributed by atoms with Gasteiger partial charge in [-0.1, -0.05) is 158 Å². The number of para-hydroxylation sites is 2. The molecule has 1 nitrogen and oxygen atoms in total. The van der Waals surface area contributed by atoms with Gasteiger partial charge >= 0.3 is 0 Å². The van der Waals surface area contributed by atoms with E-state index in [1.165, 1.54) is 54.9 Å². The second-order valence-corrected chi connectivity index (χ2v) is 11.3. The number of hydrogen-bond donors (Lipinski definition) is 0. The molecule has 0 saturated carbocycles. The largest absolute Gasteiger partial charge is 0.310 e. The lowest BCUT2D eigenvalue weighted by Gasteiger charge is -2.29. The van der Waals surface area contributed by atoms with Crippen LogP contribution in [0.1, 0.15) is 0 Å². The predicted octanol–water partition coefficient (Wildman–Crippen LogP) is 12.5. The first-order valence-corrected chi connectivity index (χ1v) is 15.5. The topological polar surface area (TPSA) is 3.24 Å². The van der Waals surface area contributed by atoms with Crippen molar-refractivity contribution in [2.24, 2.45) is 0 Å². The summed E-state index contributed by atoms with van der Waals surface area (Å²) in [4.78, 5) is 2.40. The van der Waals surface area contributed by atoms with Crippen LogP contribution in [0.5, 0.6) is 0 Å². The second-order valence-electron chi connectivity index (χ2n) is 11.3. The first-order chi connectivity index (χ1) is 22.4. The molecule has 0 radical (unpaired) electrons. The highest BCUT2D eigenvalue weighted by Gasteiger charge is 2.21. The average Bonchev–Trinajstić information content (AvgIpc) is 3.13. The Balaban J connectivity index is 1.47. The average molecular weight is 574 g/mol. The molecule has 0 aliphatic carbocycles. The van der Waals surface area contributed by atoms with Crippen LogP contribution in [0.2, 0.25) is 0 Å². The Morgan fingerprint density at radius 2 is 0.756 bits per heavy atom. The van der Waals surface area contributed by atoms with Gasteiger partial charge in [0.15, 0.2) is 0 Å². The van der Waals surface area contributed by atoms with Crippen molar-refractivity contribution in [1.82, 2.24) is 0 Å². The quantitative estimate of drug-likeness (QED) is 0.179. The molecule has 0 fully saturated rings. The van der Waals surface area contributed by atoms with E-state index in [0.29, 0.717) is 0 Å². The molecule has 8 aromatic carbocycles. The predicted molar refractivity (Wildman–Crippen MR) is 192 cm³/mol. The Morgan fingerprint density at radius 3 is 1.40 bits per heavy atom. The van der Waals surface area contributed by atoms with Gasteiger partial charge in [-0.2, -0.15) is 0 Å². The van der Waals surface area contributed by atoms with Gasteiger partial charge in [-0.25, -0.2) is 0 Å². The van der Waals surface area contributed by atoms with Gasteiger partial charge in [0, 0.05) is 16.9 Å². The Kier molecular flexibility index (Phi) is 6.90. The first-order valence-electron chi connectivity index (χ1n) is 15.5. The van der Waals surface area contributed by atoms with Gasteiger partial charge in [-0.05, 0) is 79.7 Å². The van der Waals surface area contributed by atoms with Crippen LogP contribution < -0.4 is 4.90 Å². The molecule has 0 atom stereocenters. The number of benzene rings is 8. The highest BCUT2D eigenvalue weighted by Crippen LogP contribution is 2.47. The van der Waals surface area contributed by atoms with Crippen LogP contribution in [0.15, 0.2) is 188 Å². The van der Waals surface area contributed by atoms with Gasteiger partial charge in [0.1, 0.15) is 0 Å². The van der Waals surface area contributed by atoms with Gasteiger partial charge < -0.3 is 4.90 Å². The molecule has 0 aliphatic heterocycles. The first kappa shape index (κ1) is 26.7. The maximum absolute atomic E-state index is 2.40. The molecule has 0 aromatic heterocycles. The molecule has 0 N–H and O–H groups in total. The van der Waals surface area contributed by atoms with Gasteiger partial charge in [-0.15, -0.1) is 0 Å². The summed E-state index contributed by atoms with van der Waals surface area (Å²) >= 11 is 0. The van der Waals surface area contributed by atoms with Gasteiger partial charge in [0.2, 0.25) is 0 Å². The van der Waals surface area contributed by atoms with Crippen LogP contribution in [-0.2, 0) is 0 Å².